The lowest BCUT2D eigenvalue weighted by Gasteiger charge is -2.28. The van der Waals surface area contributed by atoms with Gasteiger partial charge >= 0.3 is 0 Å². The van der Waals surface area contributed by atoms with Crippen LogP contribution in [0.2, 0.25) is 0 Å². The van der Waals surface area contributed by atoms with Crippen LogP contribution in [0.3, 0.4) is 0 Å². The maximum absolute atomic E-state index is 4.36. The van der Waals surface area contributed by atoms with Gasteiger partial charge in [0.25, 0.3) is 0 Å². The Morgan fingerprint density at radius 2 is 2.04 bits per heavy atom. The van der Waals surface area contributed by atoms with Gasteiger partial charge in [-0.05, 0) is 0 Å². The van der Waals surface area contributed by atoms with Crippen LogP contribution in [-0.2, 0) is 13.6 Å². The number of nitrogens with zero attached hydrogens (tertiary/aromatic N) is 2. The summed E-state index contributed by atoms with van der Waals surface area (Å²) in [5.41, 5.74) is 1.47. The Labute approximate surface area is 143 Å². The SMILES string of the molecule is Cn1ccnc1SCC[NH2+]C1CC[NH+](Cc2ccccc2)CC1. The zero-order valence-corrected chi connectivity index (χ0v) is 14.8. The molecule has 2 heterocycles. The van der Waals surface area contributed by atoms with Crippen molar-refractivity contribution in [1.82, 2.24) is 9.55 Å². The number of piperidine rings is 1. The molecule has 3 rings (SSSR count). The Morgan fingerprint density at radius 1 is 1.26 bits per heavy atom. The maximum atomic E-state index is 4.36. The van der Waals surface area contributed by atoms with Gasteiger partial charge in [0.15, 0.2) is 5.16 Å². The molecule has 1 saturated heterocycles. The number of imidazole rings is 1. The third kappa shape index (κ3) is 5.09. The predicted octanol–water partition coefficient (Wildman–Crippen LogP) is 0.323. The topological polar surface area (TPSA) is 38.9 Å². The molecule has 0 saturated carbocycles. The average Bonchev–Trinajstić information content (AvgIpc) is 2.99. The quantitative estimate of drug-likeness (QED) is 0.566. The van der Waals surface area contributed by atoms with E-state index in [0.29, 0.717) is 0 Å². The van der Waals surface area contributed by atoms with Crippen LogP contribution >= 0.6 is 11.8 Å². The van der Waals surface area contributed by atoms with Crippen LogP contribution in [0.5, 0.6) is 0 Å². The molecule has 3 N–H and O–H groups in total. The fourth-order valence-corrected chi connectivity index (χ4v) is 4.13. The smallest absolute Gasteiger partial charge is 0.167 e. The van der Waals surface area contributed by atoms with Crippen LogP contribution in [-0.4, -0.2) is 41.0 Å². The lowest BCUT2D eigenvalue weighted by atomic mass is 10.0. The first-order valence-corrected chi connectivity index (χ1v) is 9.61. The molecule has 0 bridgehead atoms. The lowest BCUT2D eigenvalue weighted by molar-refractivity contribution is -0.926. The summed E-state index contributed by atoms with van der Waals surface area (Å²) in [6.45, 7) is 4.99. The van der Waals surface area contributed by atoms with E-state index in [0.717, 1.165) is 17.0 Å². The lowest BCUT2D eigenvalue weighted by Crippen LogP contribution is -3.13. The second-order valence-corrected chi connectivity index (χ2v) is 7.51. The summed E-state index contributed by atoms with van der Waals surface area (Å²) < 4.78 is 2.09. The van der Waals surface area contributed by atoms with Crippen molar-refractivity contribution in [3.63, 3.8) is 0 Å². The molecule has 1 aliphatic rings. The Bertz CT molecular complexity index is 576. The fourth-order valence-electron chi connectivity index (χ4n) is 3.29. The third-order valence-electron chi connectivity index (χ3n) is 4.66. The van der Waals surface area contributed by atoms with Crippen LogP contribution in [0.4, 0.5) is 0 Å². The van der Waals surface area contributed by atoms with Gasteiger partial charge in [0.1, 0.15) is 6.54 Å². The van der Waals surface area contributed by atoms with Gasteiger partial charge in [-0.1, -0.05) is 42.1 Å². The van der Waals surface area contributed by atoms with Gasteiger partial charge in [-0.3, -0.25) is 0 Å². The molecule has 0 amide bonds. The standard InChI is InChI=1S/C18H26N4S/c1-21-13-9-20-18(21)23-14-10-19-17-7-11-22(12-8-17)15-16-5-3-2-4-6-16/h2-6,9,13,17,19H,7-8,10-12,14-15H2,1H3/p+2. The van der Waals surface area contributed by atoms with Crippen LogP contribution in [0.1, 0.15) is 18.4 Å². The van der Waals surface area contributed by atoms with Gasteiger partial charge in [0.2, 0.25) is 0 Å². The number of thioether (sulfide) groups is 1. The predicted molar refractivity (Wildman–Crippen MR) is 94.6 cm³/mol. The number of rotatable bonds is 7. The number of nitrogens with two attached hydrogens (primary N) is 1. The van der Waals surface area contributed by atoms with Gasteiger partial charge in [0, 0.05) is 37.8 Å². The molecule has 0 atom stereocenters. The van der Waals surface area contributed by atoms with E-state index in [1.165, 1.54) is 44.6 Å². The molecule has 4 nitrogen and oxygen atoms in total. The molecule has 1 aromatic carbocycles. The molecule has 5 heteroatoms. The number of hydrogen-bond acceptors (Lipinski definition) is 2. The van der Waals surface area contributed by atoms with E-state index < -0.39 is 0 Å². The first-order chi connectivity index (χ1) is 11.3. The van der Waals surface area contributed by atoms with Crippen LogP contribution in [0, 0.1) is 0 Å². The number of aromatic nitrogens is 2. The highest BCUT2D eigenvalue weighted by Gasteiger charge is 2.24. The Morgan fingerprint density at radius 3 is 2.74 bits per heavy atom. The minimum Gasteiger partial charge on any atom is -0.343 e. The summed E-state index contributed by atoms with van der Waals surface area (Å²) in [5, 5.41) is 3.68. The molecule has 0 spiro atoms. The van der Waals surface area contributed by atoms with Crippen molar-refractivity contribution in [2.45, 2.75) is 30.6 Å². The van der Waals surface area contributed by atoms with Crippen molar-refractivity contribution in [3.05, 3.63) is 48.3 Å². The summed E-state index contributed by atoms with van der Waals surface area (Å²) in [6, 6.07) is 11.7. The largest absolute Gasteiger partial charge is 0.343 e. The van der Waals surface area contributed by atoms with Gasteiger partial charge in [-0.15, -0.1) is 0 Å². The zero-order valence-electron chi connectivity index (χ0n) is 13.9. The summed E-state index contributed by atoms with van der Waals surface area (Å²) >= 11 is 1.86. The highest BCUT2D eigenvalue weighted by atomic mass is 32.2. The minimum absolute atomic E-state index is 0.816. The van der Waals surface area contributed by atoms with Crippen LogP contribution in [0.15, 0.2) is 47.9 Å². The summed E-state index contributed by atoms with van der Waals surface area (Å²) in [5.74, 6) is 1.14. The van der Waals surface area contributed by atoms with Crippen LogP contribution < -0.4 is 10.2 Å². The highest BCUT2D eigenvalue weighted by Crippen LogP contribution is 2.12. The molecule has 1 fully saturated rings. The van der Waals surface area contributed by atoms with Crippen molar-refractivity contribution in [3.8, 4) is 0 Å². The molecule has 23 heavy (non-hydrogen) atoms. The van der Waals surface area contributed by atoms with Gasteiger partial charge in [-0.25, -0.2) is 4.98 Å². The van der Waals surface area contributed by atoms with Gasteiger partial charge in [0.05, 0.1) is 31.4 Å². The van der Waals surface area contributed by atoms with E-state index in [1.54, 1.807) is 4.90 Å². The van der Waals surface area contributed by atoms with Crippen molar-refractivity contribution < 1.29 is 10.2 Å². The third-order valence-corrected chi connectivity index (χ3v) is 5.75. The number of likely N-dealkylation sites (tertiary alicyclic amines) is 1. The first kappa shape index (κ1) is 16.6. The molecule has 124 valence electrons. The minimum atomic E-state index is 0.816. The van der Waals surface area contributed by atoms with E-state index in [2.05, 4.69) is 52.2 Å². The average molecular weight is 333 g/mol. The van der Waals surface area contributed by atoms with Crippen molar-refractivity contribution in [2.24, 2.45) is 7.05 Å². The molecule has 2 aromatic rings. The second kappa shape index (κ2) is 8.52. The van der Waals surface area contributed by atoms with E-state index >= 15 is 0 Å². The molecule has 0 radical (unpaired) electrons. The maximum Gasteiger partial charge on any atom is 0.167 e. The molecule has 0 unspecified atom stereocenters. The first-order valence-electron chi connectivity index (χ1n) is 8.62. The zero-order chi connectivity index (χ0) is 15.9. The summed E-state index contributed by atoms with van der Waals surface area (Å²) in [7, 11) is 2.06. The van der Waals surface area contributed by atoms with Crippen LogP contribution in [0.25, 0.3) is 0 Å². The monoisotopic (exact) mass is 332 g/mol. The normalized spacial score (nSPS) is 21.4. The molecular weight excluding hydrogens is 304 g/mol. The Balaban J connectivity index is 1.31. The highest BCUT2D eigenvalue weighted by molar-refractivity contribution is 7.99. The van der Waals surface area contributed by atoms with Crippen molar-refractivity contribution >= 4 is 11.8 Å². The van der Waals surface area contributed by atoms with E-state index in [1.807, 2.05) is 24.2 Å². The van der Waals surface area contributed by atoms with E-state index in [-0.39, 0.29) is 0 Å². The van der Waals surface area contributed by atoms with E-state index in [4.69, 9.17) is 0 Å². The Kier molecular flexibility index (Phi) is 6.13. The molecular formula is C18H28N4S+2. The molecule has 0 aliphatic carbocycles. The number of nitrogens with one attached hydrogen (secondary N) is 1. The number of benzene rings is 1. The Hall–Kier alpha value is -1.30. The second-order valence-electron chi connectivity index (χ2n) is 6.44. The van der Waals surface area contributed by atoms with Gasteiger partial charge in [-0.2, -0.15) is 0 Å². The number of aryl methyl sites for hydroxylation is 1. The fraction of sp³-hybridized carbons (Fsp3) is 0.500. The molecule has 1 aliphatic heterocycles. The summed E-state index contributed by atoms with van der Waals surface area (Å²) in [4.78, 5) is 6.10. The van der Waals surface area contributed by atoms with Gasteiger partial charge < -0.3 is 14.8 Å². The number of quaternary nitrogens is 2. The van der Waals surface area contributed by atoms with E-state index in [9.17, 15) is 0 Å². The number of hydrogen-bond donors (Lipinski definition) is 2. The summed E-state index contributed by atoms with van der Waals surface area (Å²) in [6.07, 6.45) is 6.57. The molecule has 1 aromatic heterocycles. The van der Waals surface area contributed by atoms with Crippen molar-refractivity contribution in [2.75, 3.05) is 25.4 Å². The van der Waals surface area contributed by atoms with Crippen molar-refractivity contribution in [1.29, 1.82) is 0 Å².